The van der Waals surface area contributed by atoms with Gasteiger partial charge in [0.25, 0.3) is 5.91 Å². The molecule has 0 saturated carbocycles. The summed E-state index contributed by atoms with van der Waals surface area (Å²) in [6, 6.07) is 6.89. The molecule has 15 heteroatoms. The van der Waals surface area contributed by atoms with Gasteiger partial charge >= 0.3 is 6.18 Å². The van der Waals surface area contributed by atoms with Crippen molar-refractivity contribution in [1.29, 1.82) is 0 Å². The molecule has 3 atom stereocenters. The number of anilines is 2. The fourth-order valence-corrected chi connectivity index (χ4v) is 5.86. The summed E-state index contributed by atoms with van der Waals surface area (Å²) < 4.78 is 70.1. The molecule has 45 heavy (non-hydrogen) atoms. The SMILES string of the molecule is C[C@H]1CN(c2ccncc2NC(=O)c2ccc(F)c(-c3c(F)cccc3C(F)(F)F)n2)C[C@@H](N)[C@H]1N=CC(=NN)c1ccsc1. The van der Waals surface area contributed by atoms with E-state index in [0.717, 1.165) is 29.8 Å². The zero-order chi connectivity index (χ0) is 32.3. The standard InChI is InChI=1S/C30H27F5N8OS/c1-16-13-43(14-21(36)27(16)39-12-23(42-37)17-8-10-45-15-17)25-7-9-38-11-24(25)41-29(44)22-6-5-20(32)28(40-22)26-18(30(33,34)35)3-2-4-19(26)31/h2-12,15-16,21,27H,13-14,36-37H2,1H3,(H,41,44)/t16-,21+,27-/m0/s1. The number of halogens is 5. The maximum Gasteiger partial charge on any atom is 0.417 e. The molecule has 1 aromatic carbocycles. The Morgan fingerprint density at radius 1 is 1.13 bits per heavy atom. The summed E-state index contributed by atoms with van der Waals surface area (Å²) in [5, 5.41) is 10.3. The molecule has 5 N–H and O–H groups in total. The predicted octanol–water partition coefficient (Wildman–Crippen LogP) is 5.34. The van der Waals surface area contributed by atoms with Crippen LogP contribution in [0.25, 0.3) is 11.3 Å². The highest BCUT2D eigenvalue weighted by Gasteiger charge is 2.37. The molecule has 4 heterocycles. The molecule has 1 amide bonds. The highest BCUT2D eigenvalue weighted by Crippen LogP contribution is 2.39. The van der Waals surface area contributed by atoms with Crippen LogP contribution in [0.2, 0.25) is 0 Å². The molecule has 4 aromatic rings. The van der Waals surface area contributed by atoms with E-state index < -0.39 is 52.3 Å². The Bertz CT molecular complexity index is 1730. The second-order valence-electron chi connectivity index (χ2n) is 10.4. The Morgan fingerprint density at radius 3 is 2.62 bits per heavy atom. The fraction of sp³-hybridized carbons (Fsp3) is 0.233. The Balaban J connectivity index is 1.36. The third kappa shape index (κ3) is 6.83. The van der Waals surface area contributed by atoms with Crippen LogP contribution < -0.4 is 21.8 Å². The number of nitrogens with two attached hydrogens (primary N) is 2. The van der Waals surface area contributed by atoms with Crippen LogP contribution in [-0.4, -0.2) is 53.0 Å². The van der Waals surface area contributed by atoms with Crippen LogP contribution in [0.1, 0.15) is 28.5 Å². The molecule has 9 nitrogen and oxygen atoms in total. The maximum atomic E-state index is 14.7. The van der Waals surface area contributed by atoms with Gasteiger partial charge < -0.3 is 21.8 Å². The number of amides is 1. The van der Waals surface area contributed by atoms with Gasteiger partial charge in [0.05, 0.1) is 34.7 Å². The van der Waals surface area contributed by atoms with Gasteiger partial charge in [-0.05, 0) is 47.7 Å². The van der Waals surface area contributed by atoms with Crippen molar-refractivity contribution in [2.45, 2.75) is 25.2 Å². The molecular formula is C30H27F5N8OS. The Hall–Kier alpha value is -4.76. The molecule has 5 rings (SSSR count). The van der Waals surface area contributed by atoms with Crippen LogP contribution in [0.5, 0.6) is 0 Å². The first-order valence-electron chi connectivity index (χ1n) is 13.6. The van der Waals surface area contributed by atoms with Crippen LogP contribution in [0.4, 0.5) is 33.3 Å². The van der Waals surface area contributed by atoms with Gasteiger partial charge in [0.15, 0.2) is 0 Å². The molecule has 1 saturated heterocycles. The summed E-state index contributed by atoms with van der Waals surface area (Å²) in [6.45, 7) is 2.85. The average Bonchev–Trinajstić information content (AvgIpc) is 3.53. The molecule has 1 aliphatic heterocycles. The summed E-state index contributed by atoms with van der Waals surface area (Å²) in [5.74, 6) is 2.10. The first-order chi connectivity index (χ1) is 21.5. The van der Waals surface area contributed by atoms with E-state index in [-0.39, 0.29) is 17.6 Å². The molecule has 0 bridgehead atoms. The summed E-state index contributed by atoms with van der Waals surface area (Å²) in [4.78, 5) is 27.7. The van der Waals surface area contributed by atoms with E-state index in [4.69, 9.17) is 11.6 Å². The number of aliphatic imine (C=N–C) groups is 1. The van der Waals surface area contributed by atoms with E-state index in [0.29, 0.717) is 30.6 Å². The van der Waals surface area contributed by atoms with Crippen LogP contribution >= 0.6 is 11.3 Å². The van der Waals surface area contributed by atoms with Gasteiger partial charge in [-0.2, -0.15) is 29.6 Å². The number of nitrogens with zero attached hydrogens (tertiary/aromatic N) is 5. The number of alkyl halides is 3. The van der Waals surface area contributed by atoms with Crippen molar-refractivity contribution >= 4 is 40.5 Å². The minimum Gasteiger partial charge on any atom is -0.368 e. The Morgan fingerprint density at radius 2 is 1.93 bits per heavy atom. The Labute approximate surface area is 258 Å². The molecule has 234 valence electrons. The molecule has 1 aliphatic rings. The topological polar surface area (TPSA) is 135 Å². The number of piperidine rings is 1. The van der Waals surface area contributed by atoms with Crippen molar-refractivity contribution in [3.05, 3.63) is 94.1 Å². The van der Waals surface area contributed by atoms with Crippen LogP contribution in [0.15, 0.2) is 75.7 Å². The monoisotopic (exact) mass is 642 g/mol. The van der Waals surface area contributed by atoms with Crippen molar-refractivity contribution < 1.29 is 26.7 Å². The lowest BCUT2D eigenvalue weighted by molar-refractivity contribution is -0.137. The smallest absolute Gasteiger partial charge is 0.368 e. The lowest BCUT2D eigenvalue weighted by Gasteiger charge is -2.41. The molecule has 0 aliphatic carbocycles. The zero-order valence-electron chi connectivity index (χ0n) is 23.7. The maximum absolute atomic E-state index is 14.7. The van der Waals surface area contributed by atoms with Crippen molar-refractivity contribution in [2.24, 2.45) is 27.6 Å². The van der Waals surface area contributed by atoms with Crippen molar-refractivity contribution in [3.8, 4) is 11.3 Å². The highest BCUT2D eigenvalue weighted by molar-refractivity contribution is 7.08. The highest BCUT2D eigenvalue weighted by atomic mass is 32.1. The van der Waals surface area contributed by atoms with Crippen LogP contribution in [-0.2, 0) is 6.18 Å². The molecular weight excluding hydrogens is 615 g/mol. The minimum atomic E-state index is -4.99. The number of pyridine rings is 2. The largest absolute Gasteiger partial charge is 0.417 e. The van der Waals surface area contributed by atoms with Gasteiger partial charge in [-0.1, -0.05) is 13.0 Å². The van der Waals surface area contributed by atoms with E-state index in [1.165, 1.54) is 23.7 Å². The number of benzene rings is 1. The van der Waals surface area contributed by atoms with Gasteiger partial charge in [0, 0.05) is 42.5 Å². The van der Waals surface area contributed by atoms with Crippen LogP contribution in [0, 0.1) is 17.6 Å². The number of thiophene rings is 1. The van der Waals surface area contributed by atoms with Gasteiger partial charge in [-0.3, -0.25) is 14.8 Å². The number of nitrogens with one attached hydrogen (secondary N) is 1. The Kier molecular flexibility index (Phi) is 9.20. The molecule has 0 radical (unpaired) electrons. The van der Waals surface area contributed by atoms with Crippen molar-refractivity contribution in [3.63, 3.8) is 0 Å². The van der Waals surface area contributed by atoms with Gasteiger partial charge in [0.2, 0.25) is 0 Å². The number of carbonyl (C=O) groups is 1. The lowest BCUT2D eigenvalue weighted by atomic mass is 9.90. The molecule has 0 unspecified atom stereocenters. The third-order valence-electron chi connectivity index (χ3n) is 7.31. The zero-order valence-corrected chi connectivity index (χ0v) is 24.5. The lowest BCUT2D eigenvalue weighted by Crippen LogP contribution is -2.55. The van der Waals surface area contributed by atoms with E-state index in [1.807, 2.05) is 28.7 Å². The molecule has 3 aromatic heterocycles. The number of carbonyl (C=O) groups excluding carboxylic acids is 1. The fourth-order valence-electron chi connectivity index (χ4n) is 5.21. The van der Waals surface area contributed by atoms with Gasteiger partial charge in [-0.25, -0.2) is 13.8 Å². The van der Waals surface area contributed by atoms with Crippen molar-refractivity contribution in [2.75, 3.05) is 23.3 Å². The third-order valence-corrected chi connectivity index (χ3v) is 7.99. The number of hydrazone groups is 1. The van der Waals surface area contributed by atoms with E-state index in [1.54, 1.807) is 12.3 Å². The molecule has 1 fully saturated rings. The first kappa shape index (κ1) is 31.7. The van der Waals surface area contributed by atoms with Gasteiger partial charge in [-0.15, -0.1) is 0 Å². The average molecular weight is 643 g/mol. The quantitative estimate of drug-likeness (QED) is 0.108. The van der Waals surface area contributed by atoms with Gasteiger partial charge in [0.1, 0.15) is 28.7 Å². The summed E-state index contributed by atoms with van der Waals surface area (Å²) in [7, 11) is 0. The minimum absolute atomic E-state index is 0.0341. The second kappa shape index (κ2) is 13.1. The normalized spacial score (nSPS) is 19.2. The predicted molar refractivity (Wildman–Crippen MR) is 163 cm³/mol. The van der Waals surface area contributed by atoms with Crippen molar-refractivity contribution in [1.82, 2.24) is 9.97 Å². The number of rotatable bonds is 7. The van der Waals surface area contributed by atoms with E-state index in [2.05, 4.69) is 25.4 Å². The summed E-state index contributed by atoms with van der Waals surface area (Å²) >= 11 is 1.51. The summed E-state index contributed by atoms with van der Waals surface area (Å²) in [5.41, 5.74) is 4.86. The molecule has 0 spiro atoms. The number of hydrogen-bond acceptors (Lipinski definition) is 9. The van der Waals surface area contributed by atoms with E-state index >= 15 is 0 Å². The van der Waals surface area contributed by atoms with Crippen LogP contribution in [0.3, 0.4) is 0 Å². The second-order valence-corrected chi connectivity index (χ2v) is 11.2. The van der Waals surface area contributed by atoms with E-state index in [9.17, 15) is 26.7 Å². The number of aromatic nitrogens is 2. The summed E-state index contributed by atoms with van der Waals surface area (Å²) in [6.07, 6.45) is -0.460. The number of hydrogen-bond donors (Lipinski definition) is 3. The first-order valence-corrected chi connectivity index (χ1v) is 14.5.